The molecule has 2 nitrogen and oxygen atoms in total. The number of ketones is 1. The number of allylic oxidation sites excluding steroid dienone is 4. The smallest absolute Gasteiger partial charge is 0.136 e. The van der Waals surface area contributed by atoms with Gasteiger partial charge in [-0.2, -0.15) is 0 Å². The number of carbonyl (C=O) groups is 1. The molecule has 0 heterocycles. The van der Waals surface area contributed by atoms with E-state index in [1.54, 1.807) is 5.57 Å². The highest BCUT2D eigenvalue weighted by Gasteiger charge is 2.63. The standard InChI is InChI=1S/C24H33O2/c1-23-13-12-19-22(18(23)10-11-21(23)26)20(25)14-16-8-5-9-17(24(16,19)2)15-6-3-4-7-15/h3,9,15-16,18-19,21-22,26H,4-5,7-8,10-14H2,1-2H3/t15?,16?,18-,19+,21?,22-,23-,24+/m0/s1. The largest absolute Gasteiger partial charge is 0.393 e. The first-order valence-corrected chi connectivity index (χ1v) is 11.0. The lowest BCUT2D eigenvalue weighted by Gasteiger charge is -2.60. The fourth-order valence-corrected chi connectivity index (χ4v) is 7.96. The molecule has 0 aliphatic heterocycles. The average molecular weight is 354 g/mol. The summed E-state index contributed by atoms with van der Waals surface area (Å²) in [7, 11) is 0. The van der Waals surface area contributed by atoms with Crippen LogP contribution in [0.15, 0.2) is 17.7 Å². The molecule has 8 atom stereocenters. The minimum atomic E-state index is -0.209. The van der Waals surface area contributed by atoms with E-state index >= 15 is 0 Å². The van der Waals surface area contributed by atoms with Gasteiger partial charge in [0, 0.05) is 18.3 Å². The molecule has 0 amide bonds. The second kappa shape index (κ2) is 5.80. The van der Waals surface area contributed by atoms with Crippen LogP contribution in [-0.4, -0.2) is 17.0 Å². The highest BCUT2D eigenvalue weighted by atomic mass is 16.3. The van der Waals surface area contributed by atoms with Crippen molar-refractivity contribution in [3.63, 3.8) is 0 Å². The maximum absolute atomic E-state index is 13.3. The topological polar surface area (TPSA) is 37.3 Å². The summed E-state index contributed by atoms with van der Waals surface area (Å²) in [5, 5.41) is 10.6. The molecule has 0 saturated heterocycles. The fraction of sp³-hybridized carbons (Fsp3) is 0.792. The SMILES string of the molecule is C[C@]12C(C3[C]=CCC3)=CCCC1CC(=O)[C@@H]1[C@H]2CC[C@]2(C)C(O)CC[C@@H]12. The van der Waals surface area contributed by atoms with Gasteiger partial charge in [-0.3, -0.25) is 4.79 Å². The first-order chi connectivity index (χ1) is 12.5. The molecule has 1 radical (unpaired) electrons. The molecule has 0 bridgehead atoms. The number of rotatable bonds is 1. The number of hydrogen-bond donors (Lipinski definition) is 1. The van der Waals surface area contributed by atoms with Crippen LogP contribution in [0, 0.1) is 46.5 Å². The van der Waals surface area contributed by atoms with Crippen LogP contribution in [0.1, 0.15) is 71.6 Å². The van der Waals surface area contributed by atoms with Crippen molar-refractivity contribution in [2.45, 2.75) is 77.7 Å². The summed E-state index contributed by atoms with van der Waals surface area (Å²) < 4.78 is 0. The Morgan fingerprint density at radius 1 is 1.08 bits per heavy atom. The summed E-state index contributed by atoms with van der Waals surface area (Å²) in [6, 6.07) is 0. The van der Waals surface area contributed by atoms with E-state index in [9.17, 15) is 9.90 Å². The molecular weight excluding hydrogens is 320 g/mol. The quantitative estimate of drug-likeness (QED) is 0.683. The summed E-state index contributed by atoms with van der Waals surface area (Å²) in [4.78, 5) is 13.3. The molecule has 3 unspecified atom stereocenters. The molecule has 5 aliphatic rings. The van der Waals surface area contributed by atoms with Gasteiger partial charge in [-0.25, -0.2) is 0 Å². The van der Waals surface area contributed by atoms with E-state index < -0.39 is 0 Å². The van der Waals surface area contributed by atoms with Crippen LogP contribution in [0.4, 0.5) is 0 Å². The Labute approximate surface area is 158 Å². The van der Waals surface area contributed by atoms with E-state index in [2.05, 4.69) is 32.1 Å². The summed E-state index contributed by atoms with van der Waals surface area (Å²) in [6.45, 7) is 4.76. The molecule has 0 aromatic rings. The molecule has 0 aromatic heterocycles. The third kappa shape index (κ3) is 2.11. The van der Waals surface area contributed by atoms with Crippen molar-refractivity contribution in [2.24, 2.45) is 40.4 Å². The van der Waals surface area contributed by atoms with Gasteiger partial charge in [0.05, 0.1) is 6.10 Å². The van der Waals surface area contributed by atoms with Crippen molar-refractivity contribution in [1.29, 1.82) is 0 Å². The molecule has 1 N–H and O–H groups in total. The van der Waals surface area contributed by atoms with E-state index in [1.165, 1.54) is 12.8 Å². The lowest BCUT2D eigenvalue weighted by molar-refractivity contribution is -0.151. The average Bonchev–Trinajstić information content (AvgIpc) is 3.24. The molecule has 0 spiro atoms. The summed E-state index contributed by atoms with van der Waals surface area (Å²) in [6.07, 6.45) is 17.8. The molecule has 3 saturated carbocycles. The Balaban J connectivity index is 1.56. The number of Topliss-reactive ketones (excluding diaryl/α,β-unsaturated/α-hetero) is 1. The molecule has 2 heteroatoms. The van der Waals surface area contributed by atoms with Crippen LogP contribution in [0.25, 0.3) is 0 Å². The molecule has 141 valence electrons. The second-order valence-corrected chi connectivity index (χ2v) is 10.3. The Morgan fingerprint density at radius 3 is 2.69 bits per heavy atom. The van der Waals surface area contributed by atoms with Gasteiger partial charge in [-0.05, 0) is 86.0 Å². The first kappa shape index (κ1) is 17.2. The van der Waals surface area contributed by atoms with Gasteiger partial charge < -0.3 is 5.11 Å². The van der Waals surface area contributed by atoms with Crippen molar-refractivity contribution in [1.82, 2.24) is 0 Å². The highest BCUT2D eigenvalue weighted by molar-refractivity contribution is 5.84. The van der Waals surface area contributed by atoms with E-state index in [1.807, 2.05) is 0 Å². The summed E-state index contributed by atoms with van der Waals surface area (Å²) in [5.74, 6) is 2.58. The van der Waals surface area contributed by atoms with Crippen molar-refractivity contribution in [3.8, 4) is 0 Å². The summed E-state index contributed by atoms with van der Waals surface area (Å²) in [5.41, 5.74) is 1.76. The molecule has 5 rings (SSSR count). The van der Waals surface area contributed by atoms with Crippen LogP contribution in [0.5, 0.6) is 0 Å². The first-order valence-electron chi connectivity index (χ1n) is 11.0. The van der Waals surface area contributed by atoms with E-state index in [-0.39, 0.29) is 22.9 Å². The van der Waals surface area contributed by atoms with Crippen LogP contribution in [0.2, 0.25) is 0 Å². The molecule has 3 fully saturated rings. The maximum atomic E-state index is 13.3. The second-order valence-electron chi connectivity index (χ2n) is 10.3. The monoisotopic (exact) mass is 353 g/mol. The van der Waals surface area contributed by atoms with Gasteiger partial charge >= 0.3 is 0 Å². The minimum absolute atomic E-state index is 0.0298. The Morgan fingerprint density at radius 2 is 1.92 bits per heavy atom. The van der Waals surface area contributed by atoms with Gasteiger partial charge in [0.2, 0.25) is 0 Å². The van der Waals surface area contributed by atoms with Crippen LogP contribution in [0.3, 0.4) is 0 Å². The zero-order valence-corrected chi connectivity index (χ0v) is 16.3. The Hall–Kier alpha value is -0.890. The van der Waals surface area contributed by atoms with Crippen molar-refractivity contribution >= 4 is 5.78 Å². The third-order valence-corrected chi connectivity index (χ3v) is 9.45. The van der Waals surface area contributed by atoms with E-state index in [0.717, 1.165) is 44.9 Å². The lowest BCUT2D eigenvalue weighted by atomic mass is 9.43. The van der Waals surface area contributed by atoms with E-state index in [0.29, 0.717) is 29.5 Å². The zero-order valence-electron chi connectivity index (χ0n) is 16.3. The Kier molecular flexibility index (Phi) is 3.84. The molecule has 5 aliphatic carbocycles. The van der Waals surface area contributed by atoms with Crippen molar-refractivity contribution in [3.05, 3.63) is 23.8 Å². The highest BCUT2D eigenvalue weighted by Crippen LogP contribution is 2.66. The van der Waals surface area contributed by atoms with Crippen LogP contribution >= 0.6 is 0 Å². The zero-order chi connectivity index (χ0) is 18.1. The fourth-order valence-electron chi connectivity index (χ4n) is 7.96. The number of aliphatic hydroxyl groups excluding tert-OH is 1. The van der Waals surface area contributed by atoms with Crippen molar-refractivity contribution in [2.75, 3.05) is 0 Å². The van der Waals surface area contributed by atoms with Crippen LogP contribution < -0.4 is 0 Å². The molecular formula is C24H33O2. The molecule has 26 heavy (non-hydrogen) atoms. The minimum Gasteiger partial charge on any atom is -0.393 e. The molecule has 0 aromatic carbocycles. The van der Waals surface area contributed by atoms with E-state index in [4.69, 9.17) is 0 Å². The Bertz CT molecular complexity index is 676. The predicted octanol–water partition coefficient (Wildman–Crippen LogP) is 4.87. The van der Waals surface area contributed by atoms with Crippen LogP contribution in [-0.2, 0) is 4.79 Å². The lowest BCUT2D eigenvalue weighted by Crippen LogP contribution is -2.57. The number of fused-ring (bicyclic) bond motifs is 5. The van der Waals surface area contributed by atoms with Gasteiger partial charge in [-0.1, -0.05) is 31.6 Å². The van der Waals surface area contributed by atoms with Gasteiger partial charge in [-0.15, -0.1) is 0 Å². The maximum Gasteiger partial charge on any atom is 0.136 e. The number of hydrogen-bond acceptors (Lipinski definition) is 2. The number of aliphatic hydroxyl groups is 1. The summed E-state index contributed by atoms with van der Waals surface area (Å²) >= 11 is 0. The number of carbonyl (C=O) groups excluding carboxylic acids is 1. The third-order valence-electron chi connectivity index (χ3n) is 9.45. The van der Waals surface area contributed by atoms with Crippen molar-refractivity contribution < 1.29 is 9.90 Å². The normalized spacial score (nSPS) is 53.0. The van der Waals surface area contributed by atoms with Gasteiger partial charge in [0.1, 0.15) is 5.78 Å². The predicted molar refractivity (Wildman–Crippen MR) is 102 cm³/mol. The van der Waals surface area contributed by atoms with Gasteiger partial charge in [0.25, 0.3) is 0 Å². The van der Waals surface area contributed by atoms with Gasteiger partial charge in [0.15, 0.2) is 0 Å².